The molecule has 0 aliphatic carbocycles. The van der Waals surface area contributed by atoms with Crippen molar-refractivity contribution in [1.82, 2.24) is 5.32 Å². The lowest BCUT2D eigenvalue weighted by atomic mass is 9.89. The number of ether oxygens (including phenoxy) is 2. The van der Waals surface area contributed by atoms with E-state index in [1.807, 2.05) is 45.0 Å². The molecule has 4 nitrogen and oxygen atoms in total. The van der Waals surface area contributed by atoms with E-state index in [-0.39, 0.29) is 24.2 Å². The molecule has 6 heteroatoms. The van der Waals surface area contributed by atoms with Gasteiger partial charge in [-0.25, -0.2) is 0 Å². The van der Waals surface area contributed by atoms with Crippen LogP contribution in [-0.2, 0) is 4.79 Å². The predicted octanol–water partition coefficient (Wildman–Crippen LogP) is 5.21. The Morgan fingerprint density at radius 3 is 2.85 bits per heavy atom. The smallest absolute Gasteiger partial charge is 0.258 e. The van der Waals surface area contributed by atoms with Crippen LogP contribution in [0.15, 0.2) is 40.9 Å². The first-order chi connectivity index (χ1) is 12.2. The molecule has 0 saturated heterocycles. The maximum absolute atomic E-state index is 12.4. The van der Waals surface area contributed by atoms with Crippen LogP contribution in [0, 0.1) is 6.92 Å². The van der Waals surface area contributed by atoms with E-state index >= 15 is 0 Å². The molecule has 0 radical (unpaired) electrons. The number of hydrogen-bond donors (Lipinski definition) is 1. The third kappa shape index (κ3) is 4.51. The first kappa shape index (κ1) is 19.1. The zero-order valence-corrected chi connectivity index (χ0v) is 17.3. The number of rotatable bonds is 4. The number of hydrogen-bond acceptors (Lipinski definition) is 3. The molecule has 2 aromatic carbocycles. The second-order valence-corrected chi connectivity index (χ2v) is 8.41. The lowest BCUT2D eigenvalue weighted by Crippen LogP contribution is -2.42. The molecule has 1 atom stereocenters. The van der Waals surface area contributed by atoms with Gasteiger partial charge in [0.15, 0.2) is 6.61 Å². The fraction of sp³-hybridized carbons (Fsp3) is 0.350. The van der Waals surface area contributed by atoms with E-state index in [0.29, 0.717) is 17.2 Å². The number of benzene rings is 2. The lowest BCUT2D eigenvalue weighted by molar-refractivity contribution is -0.124. The molecule has 1 amide bonds. The van der Waals surface area contributed by atoms with Gasteiger partial charge in [0.1, 0.15) is 17.1 Å². The number of amides is 1. The summed E-state index contributed by atoms with van der Waals surface area (Å²) >= 11 is 9.46. The molecule has 1 N–H and O–H groups in total. The Hall–Kier alpha value is -1.72. The Kier molecular flexibility index (Phi) is 5.49. The second kappa shape index (κ2) is 7.49. The minimum Gasteiger partial charge on any atom is -0.487 e. The number of nitrogens with one attached hydrogen (secondary N) is 1. The molecule has 0 fully saturated rings. The van der Waals surface area contributed by atoms with Crippen LogP contribution < -0.4 is 14.8 Å². The summed E-state index contributed by atoms with van der Waals surface area (Å²) in [7, 11) is 0. The van der Waals surface area contributed by atoms with Crippen molar-refractivity contribution in [2.75, 3.05) is 6.61 Å². The fourth-order valence-electron chi connectivity index (χ4n) is 3.06. The van der Waals surface area contributed by atoms with Gasteiger partial charge in [0, 0.05) is 16.5 Å². The van der Waals surface area contributed by atoms with Crippen molar-refractivity contribution >= 4 is 33.4 Å². The zero-order chi connectivity index (χ0) is 18.9. The van der Waals surface area contributed by atoms with Gasteiger partial charge in [-0.1, -0.05) is 39.7 Å². The normalized spacial score (nSPS) is 17.8. The Bertz CT molecular complexity index is 838. The van der Waals surface area contributed by atoms with E-state index in [9.17, 15) is 4.79 Å². The highest BCUT2D eigenvalue weighted by Gasteiger charge is 2.34. The summed E-state index contributed by atoms with van der Waals surface area (Å²) in [6.45, 7) is 5.97. The van der Waals surface area contributed by atoms with Crippen molar-refractivity contribution in [3.05, 3.63) is 57.0 Å². The summed E-state index contributed by atoms with van der Waals surface area (Å²) in [5.41, 5.74) is 1.76. The van der Waals surface area contributed by atoms with Crippen LogP contribution in [0.3, 0.4) is 0 Å². The van der Waals surface area contributed by atoms with Crippen LogP contribution in [0.25, 0.3) is 0 Å². The van der Waals surface area contributed by atoms with E-state index in [1.54, 1.807) is 12.1 Å². The molecule has 0 bridgehead atoms. The van der Waals surface area contributed by atoms with E-state index in [0.717, 1.165) is 21.3 Å². The molecular weight excluding hydrogens is 418 g/mol. The van der Waals surface area contributed by atoms with Gasteiger partial charge >= 0.3 is 0 Å². The molecular formula is C20H21BrClNO3. The van der Waals surface area contributed by atoms with Crippen LogP contribution in [0.5, 0.6) is 11.5 Å². The Morgan fingerprint density at radius 1 is 1.35 bits per heavy atom. The molecule has 138 valence electrons. The number of halogens is 2. The molecule has 26 heavy (non-hydrogen) atoms. The van der Waals surface area contributed by atoms with Crippen LogP contribution >= 0.6 is 27.5 Å². The predicted molar refractivity (Wildman–Crippen MR) is 106 cm³/mol. The molecule has 2 aromatic rings. The third-order valence-corrected chi connectivity index (χ3v) is 5.00. The van der Waals surface area contributed by atoms with Crippen LogP contribution in [-0.4, -0.2) is 18.1 Å². The van der Waals surface area contributed by atoms with Crippen molar-refractivity contribution < 1.29 is 14.3 Å². The Labute approximate surface area is 167 Å². The van der Waals surface area contributed by atoms with Crippen molar-refractivity contribution in [2.24, 2.45) is 0 Å². The first-order valence-electron chi connectivity index (χ1n) is 8.40. The van der Waals surface area contributed by atoms with Gasteiger partial charge in [-0.15, -0.1) is 0 Å². The van der Waals surface area contributed by atoms with Gasteiger partial charge in [0.25, 0.3) is 5.91 Å². The van der Waals surface area contributed by atoms with Crippen LogP contribution in [0.1, 0.15) is 37.4 Å². The molecule has 3 rings (SSSR count). The van der Waals surface area contributed by atoms with Crippen LogP contribution in [0.2, 0.25) is 5.02 Å². The molecule has 0 aromatic heterocycles. The number of aryl methyl sites for hydroxylation is 1. The maximum Gasteiger partial charge on any atom is 0.258 e. The lowest BCUT2D eigenvalue weighted by Gasteiger charge is -2.38. The molecule has 1 aliphatic rings. The standard InChI is InChI=1S/C20H21BrClNO3/c1-12-4-6-14-16(10-20(2,3)26-18(14)8-12)23-19(24)11-25-17-7-5-13(21)9-15(17)22/h4-9,16H,10-11H2,1-3H3,(H,23,24)/t16-/m0/s1. The summed E-state index contributed by atoms with van der Waals surface area (Å²) in [6, 6.07) is 11.2. The van der Waals surface area contributed by atoms with Gasteiger partial charge in [-0.3, -0.25) is 4.79 Å². The van der Waals surface area contributed by atoms with E-state index < -0.39 is 0 Å². The largest absolute Gasteiger partial charge is 0.487 e. The van der Waals surface area contributed by atoms with Crippen molar-refractivity contribution in [3.8, 4) is 11.5 Å². The third-order valence-electron chi connectivity index (χ3n) is 4.21. The highest BCUT2D eigenvalue weighted by molar-refractivity contribution is 9.10. The number of carbonyl (C=O) groups is 1. The highest BCUT2D eigenvalue weighted by atomic mass is 79.9. The molecule has 0 spiro atoms. The summed E-state index contributed by atoms with van der Waals surface area (Å²) in [5.74, 6) is 1.11. The average molecular weight is 439 g/mol. The topological polar surface area (TPSA) is 47.6 Å². The minimum absolute atomic E-state index is 0.0969. The molecule has 0 unspecified atom stereocenters. The summed E-state index contributed by atoms with van der Waals surface area (Å²) in [4.78, 5) is 12.4. The molecule has 1 heterocycles. The SMILES string of the molecule is Cc1ccc2c(c1)OC(C)(C)C[C@@H]2NC(=O)COc1ccc(Br)cc1Cl. The molecule has 1 aliphatic heterocycles. The highest BCUT2D eigenvalue weighted by Crippen LogP contribution is 2.39. The number of fused-ring (bicyclic) bond motifs is 1. The summed E-state index contributed by atoms with van der Waals surface area (Å²) < 4.78 is 12.5. The summed E-state index contributed by atoms with van der Waals surface area (Å²) in [5, 5.41) is 3.51. The maximum atomic E-state index is 12.4. The van der Waals surface area contributed by atoms with Gasteiger partial charge in [-0.2, -0.15) is 0 Å². The Morgan fingerprint density at radius 2 is 2.12 bits per heavy atom. The fourth-order valence-corrected chi connectivity index (χ4v) is 3.79. The quantitative estimate of drug-likeness (QED) is 0.713. The van der Waals surface area contributed by atoms with Crippen molar-refractivity contribution in [3.63, 3.8) is 0 Å². The molecule has 0 saturated carbocycles. The Balaban J connectivity index is 1.69. The number of carbonyl (C=O) groups excluding carboxylic acids is 1. The van der Waals surface area contributed by atoms with Gasteiger partial charge in [-0.05, 0) is 50.6 Å². The van der Waals surface area contributed by atoms with Gasteiger partial charge in [0.2, 0.25) is 0 Å². The van der Waals surface area contributed by atoms with Crippen molar-refractivity contribution in [1.29, 1.82) is 0 Å². The van der Waals surface area contributed by atoms with E-state index in [4.69, 9.17) is 21.1 Å². The summed E-state index contributed by atoms with van der Waals surface area (Å²) in [6.07, 6.45) is 0.688. The minimum atomic E-state index is -0.353. The second-order valence-electron chi connectivity index (χ2n) is 7.09. The van der Waals surface area contributed by atoms with E-state index in [1.165, 1.54) is 0 Å². The monoisotopic (exact) mass is 437 g/mol. The first-order valence-corrected chi connectivity index (χ1v) is 9.57. The van der Waals surface area contributed by atoms with Gasteiger partial charge < -0.3 is 14.8 Å². The van der Waals surface area contributed by atoms with Crippen LogP contribution in [0.4, 0.5) is 0 Å². The van der Waals surface area contributed by atoms with E-state index in [2.05, 4.69) is 21.2 Å². The van der Waals surface area contributed by atoms with Crippen molar-refractivity contribution in [2.45, 2.75) is 38.8 Å². The average Bonchev–Trinajstić information content (AvgIpc) is 2.52. The zero-order valence-electron chi connectivity index (χ0n) is 14.9. The van der Waals surface area contributed by atoms with Gasteiger partial charge in [0.05, 0.1) is 11.1 Å².